The quantitative estimate of drug-likeness (QED) is 0.408. The van der Waals surface area contributed by atoms with Gasteiger partial charge in [0.2, 0.25) is 0 Å². The van der Waals surface area contributed by atoms with E-state index in [9.17, 15) is 0 Å². The molecule has 0 bridgehead atoms. The molecule has 152 valence electrons. The average molecular weight is 381 g/mol. The summed E-state index contributed by atoms with van der Waals surface area (Å²) >= 11 is 0. The minimum Gasteiger partial charge on any atom is -0.373 e. The van der Waals surface area contributed by atoms with Crippen LogP contribution >= 0.6 is 0 Å². The van der Waals surface area contributed by atoms with Gasteiger partial charge < -0.3 is 9.47 Å². The standard InChI is InChI=1S/C26H36O2/c1-3-5-7-9-21-11-13-22(14-12-21)23-15-17-24(18-16-23)26-20-27-25(19-28-26)10-8-6-4-2/h11-18,25-26H,3-10,19-20H2,1-2H3/t25-,26-/m0/s1. The Hall–Kier alpha value is -1.64. The smallest absolute Gasteiger partial charge is 0.106 e. The Labute approximate surface area is 171 Å². The van der Waals surface area contributed by atoms with E-state index in [2.05, 4.69) is 62.4 Å². The van der Waals surface area contributed by atoms with E-state index in [0.717, 1.165) is 13.0 Å². The van der Waals surface area contributed by atoms with Gasteiger partial charge in [0.1, 0.15) is 6.10 Å². The maximum absolute atomic E-state index is 6.09. The molecule has 0 unspecified atom stereocenters. The molecular formula is C26H36O2. The number of hydrogen-bond donors (Lipinski definition) is 0. The van der Waals surface area contributed by atoms with E-state index in [1.807, 2.05) is 0 Å². The van der Waals surface area contributed by atoms with Gasteiger partial charge in [-0.2, -0.15) is 0 Å². The van der Waals surface area contributed by atoms with E-state index >= 15 is 0 Å². The van der Waals surface area contributed by atoms with Gasteiger partial charge in [0.15, 0.2) is 0 Å². The van der Waals surface area contributed by atoms with Gasteiger partial charge >= 0.3 is 0 Å². The van der Waals surface area contributed by atoms with Gasteiger partial charge in [-0.15, -0.1) is 0 Å². The Balaban J connectivity index is 1.51. The molecule has 0 amide bonds. The van der Waals surface area contributed by atoms with Crippen LogP contribution in [0.5, 0.6) is 0 Å². The highest BCUT2D eigenvalue weighted by Crippen LogP contribution is 2.27. The maximum atomic E-state index is 6.09. The Kier molecular flexibility index (Phi) is 8.57. The van der Waals surface area contributed by atoms with Crippen LogP contribution < -0.4 is 0 Å². The average Bonchev–Trinajstić information content (AvgIpc) is 2.75. The van der Waals surface area contributed by atoms with Crippen molar-refractivity contribution in [1.82, 2.24) is 0 Å². The summed E-state index contributed by atoms with van der Waals surface area (Å²) in [6.45, 7) is 5.88. The van der Waals surface area contributed by atoms with Crippen LogP contribution in [0.3, 0.4) is 0 Å². The summed E-state index contributed by atoms with van der Waals surface area (Å²) in [6.07, 6.45) is 10.3. The summed E-state index contributed by atoms with van der Waals surface area (Å²) in [5, 5.41) is 0. The van der Waals surface area contributed by atoms with Crippen LogP contribution in [0.15, 0.2) is 48.5 Å². The van der Waals surface area contributed by atoms with Crippen molar-refractivity contribution in [3.05, 3.63) is 59.7 Å². The van der Waals surface area contributed by atoms with Crippen LogP contribution in [-0.4, -0.2) is 19.3 Å². The fourth-order valence-electron chi connectivity index (χ4n) is 3.86. The van der Waals surface area contributed by atoms with Crippen molar-refractivity contribution in [2.45, 2.75) is 77.4 Å². The third kappa shape index (κ3) is 6.18. The molecule has 3 rings (SSSR count). The number of hydrogen-bond acceptors (Lipinski definition) is 2. The number of unbranched alkanes of at least 4 members (excludes halogenated alkanes) is 4. The molecule has 1 aliphatic rings. The van der Waals surface area contributed by atoms with Gasteiger partial charge in [0, 0.05) is 0 Å². The fourth-order valence-corrected chi connectivity index (χ4v) is 3.86. The van der Waals surface area contributed by atoms with Crippen molar-refractivity contribution < 1.29 is 9.47 Å². The second kappa shape index (κ2) is 11.4. The second-order valence-corrected chi connectivity index (χ2v) is 8.05. The first-order valence-corrected chi connectivity index (χ1v) is 11.2. The molecule has 28 heavy (non-hydrogen) atoms. The van der Waals surface area contributed by atoms with E-state index in [1.165, 1.54) is 67.2 Å². The molecule has 1 aliphatic heterocycles. The first-order valence-electron chi connectivity index (χ1n) is 11.2. The van der Waals surface area contributed by atoms with Crippen LogP contribution in [0, 0.1) is 0 Å². The van der Waals surface area contributed by atoms with E-state index < -0.39 is 0 Å². The molecule has 1 heterocycles. The molecule has 2 aromatic rings. The Morgan fingerprint density at radius 1 is 0.714 bits per heavy atom. The molecule has 0 saturated carbocycles. The Bertz CT molecular complexity index is 667. The fraction of sp³-hybridized carbons (Fsp3) is 0.538. The van der Waals surface area contributed by atoms with Crippen LogP contribution in [0.4, 0.5) is 0 Å². The number of aryl methyl sites for hydroxylation is 1. The number of ether oxygens (including phenoxy) is 2. The first-order chi connectivity index (χ1) is 13.8. The summed E-state index contributed by atoms with van der Waals surface area (Å²) in [7, 11) is 0. The summed E-state index contributed by atoms with van der Waals surface area (Å²) in [6, 6.07) is 17.8. The predicted molar refractivity (Wildman–Crippen MR) is 118 cm³/mol. The van der Waals surface area contributed by atoms with Crippen molar-refractivity contribution in [1.29, 1.82) is 0 Å². The summed E-state index contributed by atoms with van der Waals surface area (Å²) in [4.78, 5) is 0. The molecule has 0 spiro atoms. The third-order valence-corrected chi connectivity index (χ3v) is 5.73. The zero-order valence-corrected chi connectivity index (χ0v) is 17.7. The largest absolute Gasteiger partial charge is 0.373 e. The van der Waals surface area contributed by atoms with Gasteiger partial charge in [0.05, 0.1) is 19.3 Å². The summed E-state index contributed by atoms with van der Waals surface area (Å²) in [5.74, 6) is 0. The highest BCUT2D eigenvalue weighted by molar-refractivity contribution is 5.64. The van der Waals surface area contributed by atoms with E-state index in [0.29, 0.717) is 6.61 Å². The summed E-state index contributed by atoms with van der Waals surface area (Å²) < 4.78 is 12.1. The van der Waals surface area contributed by atoms with E-state index in [-0.39, 0.29) is 12.2 Å². The lowest BCUT2D eigenvalue weighted by Crippen LogP contribution is -2.31. The molecule has 0 aromatic heterocycles. The molecule has 2 heteroatoms. The second-order valence-electron chi connectivity index (χ2n) is 8.05. The molecule has 1 saturated heterocycles. The van der Waals surface area contributed by atoms with Crippen molar-refractivity contribution in [3.8, 4) is 11.1 Å². The highest BCUT2D eigenvalue weighted by Gasteiger charge is 2.23. The minimum absolute atomic E-state index is 0.0671. The monoisotopic (exact) mass is 380 g/mol. The lowest BCUT2D eigenvalue weighted by atomic mass is 9.99. The molecule has 2 atom stereocenters. The first kappa shape index (κ1) is 21.1. The molecule has 0 N–H and O–H groups in total. The lowest BCUT2D eigenvalue weighted by Gasteiger charge is -2.30. The van der Waals surface area contributed by atoms with E-state index in [4.69, 9.17) is 9.47 Å². The van der Waals surface area contributed by atoms with Gasteiger partial charge in [-0.05, 0) is 41.5 Å². The molecule has 0 aliphatic carbocycles. The Morgan fingerprint density at radius 2 is 1.36 bits per heavy atom. The Morgan fingerprint density at radius 3 is 1.96 bits per heavy atom. The molecular weight excluding hydrogens is 344 g/mol. The molecule has 0 radical (unpaired) electrons. The topological polar surface area (TPSA) is 18.5 Å². The van der Waals surface area contributed by atoms with Gasteiger partial charge in [0.25, 0.3) is 0 Å². The molecule has 2 aromatic carbocycles. The zero-order valence-electron chi connectivity index (χ0n) is 17.7. The maximum Gasteiger partial charge on any atom is 0.106 e. The van der Waals surface area contributed by atoms with Crippen molar-refractivity contribution in [3.63, 3.8) is 0 Å². The number of benzene rings is 2. The SMILES string of the molecule is CCCCCc1ccc(-c2ccc([C@@H]3CO[C@@H](CCCCC)CO3)cc2)cc1. The minimum atomic E-state index is 0.0671. The predicted octanol–water partition coefficient (Wildman–Crippen LogP) is 7.12. The van der Waals surface area contributed by atoms with Crippen LogP contribution in [-0.2, 0) is 15.9 Å². The number of rotatable bonds is 10. The van der Waals surface area contributed by atoms with Crippen molar-refractivity contribution in [2.24, 2.45) is 0 Å². The van der Waals surface area contributed by atoms with Crippen LogP contribution in [0.25, 0.3) is 11.1 Å². The van der Waals surface area contributed by atoms with Crippen LogP contribution in [0.2, 0.25) is 0 Å². The van der Waals surface area contributed by atoms with Crippen molar-refractivity contribution >= 4 is 0 Å². The third-order valence-electron chi connectivity index (χ3n) is 5.73. The molecule has 2 nitrogen and oxygen atoms in total. The van der Waals surface area contributed by atoms with Gasteiger partial charge in [-0.1, -0.05) is 94.5 Å². The van der Waals surface area contributed by atoms with Gasteiger partial charge in [-0.25, -0.2) is 0 Å². The van der Waals surface area contributed by atoms with E-state index in [1.54, 1.807) is 0 Å². The van der Waals surface area contributed by atoms with Gasteiger partial charge in [-0.3, -0.25) is 0 Å². The zero-order chi connectivity index (χ0) is 19.6. The van der Waals surface area contributed by atoms with Crippen molar-refractivity contribution in [2.75, 3.05) is 13.2 Å². The highest BCUT2D eigenvalue weighted by atomic mass is 16.6. The lowest BCUT2D eigenvalue weighted by molar-refractivity contribution is -0.137. The normalized spacial score (nSPS) is 19.6. The summed E-state index contributed by atoms with van der Waals surface area (Å²) in [5.41, 5.74) is 5.20. The van der Waals surface area contributed by atoms with Crippen LogP contribution in [0.1, 0.15) is 76.0 Å². The molecule has 1 fully saturated rings.